The normalized spacial score (nSPS) is 13.1. The van der Waals surface area contributed by atoms with Gasteiger partial charge in [-0.05, 0) is 36.6 Å². The summed E-state index contributed by atoms with van der Waals surface area (Å²) in [5, 5.41) is 0. The SMILES string of the molecule is COC(=O)Cc1occc1C(=O)N1CCc2c(C)cccc21. The molecule has 1 aromatic carbocycles. The van der Waals surface area contributed by atoms with E-state index in [2.05, 4.69) is 4.74 Å². The first kappa shape index (κ1) is 14.4. The molecule has 0 saturated carbocycles. The van der Waals surface area contributed by atoms with Crippen LogP contribution >= 0.6 is 0 Å². The van der Waals surface area contributed by atoms with E-state index in [4.69, 9.17) is 4.42 Å². The second kappa shape index (κ2) is 5.67. The average molecular weight is 299 g/mol. The highest BCUT2D eigenvalue weighted by Gasteiger charge is 2.29. The Hall–Kier alpha value is -2.56. The van der Waals surface area contributed by atoms with Crippen LogP contribution in [0.1, 0.15) is 27.2 Å². The monoisotopic (exact) mass is 299 g/mol. The van der Waals surface area contributed by atoms with E-state index in [1.807, 2.05) is 25.1 Å². The molecule has 2 aromatic rings. The molecular weight excluding hydrogens is 282 g/mol. The predicted molar refractivity (Wildman–Crippen MR) is 81.0 cm³/mol. The Labute approximate surface area is 128 Å². The van der Waals surface area contributed by atoms with E-state index < -0.39 is 5.97 Å². The first-order chi connectivity index (χ1) is 10.6. The number of amides is 1. The number of carbonyl (C=O) groups is 2. The van der Waals surface area contributed by atoms with Gasteiger partial charge < -0.3 is 14.1 Å². The topological polar surface area (TPSA) is 59.8 Å². The third-order valence-electron chi connectivity index (χ3n) is 4.02. The third kappa shape index (κ3) is 2.39. The van der Waals surface area contributed by atoms with Crippen LogP contribution in [0.25, 0.3) is 0 Å². The summed E-state index contributed by atoms with van der Waals surface area (Å²) in [5.74, 6) is -0.225. The molecule has 3 rings (SSSR count). The van der Waals surface area contributed by atoms with Crippen LogP contribution in [-0.2, 0) is 22.4 Å². The fourth-order valence-corrected chi connectivity index (χ4v) is 2.84. The quantitative estimate of drug-likeness (QED) is 0.817. The van der Waals surface area contributed by atoms with Crippen molar-refractivity contribution in [3.8, 4) is 0 Å². The summed E-state index contributed by atoms with van der Waals surface area (Å²) < 4.78 is 9.91. The highest BCUT2D eigenvalue weighted by molar-refractivity contribution is 6.08. The first-order valence-corrected chi connectivity index (χ1v) is 7.15. The lowest BCUT2D eigenvalue weighted by molar-refractivity contribution is -0.140. The van der Waals surface area contributed by atoms with Crippen LogP contribution in [0.15, 0.2) is 34.9 Å². The summed E-state index contributed by atoms with van der Waals surface area (Å²) in [7, 11) is 1.31. The maximum atomic E-state index is 12.8. The zero-order chi connectivity index (χ0) is 15.7. The average Bonchev–Trinajstić information content (AvgIpc) is 3.14. The Kier molecular flexibility index (Phi) is 3.71. The van der Waals surface area contributed by atoms with Gasteiger partial charge in [0.2, 0.25) is 0 Å². The van der Waals surface area contributed by atoms with Crippen molar-refractivity contribution < 1.29 is 18.7 Å². The number of aryl methyl sites for hydroxylation is 1. The number of ether oxygens (including phenoxy) is 1. The van der Waals surface area contributed by atoms with Gasteiger partial charge in [-0.25, -0.2) is 0 Å². The minimum atomic E-state index is -0.429. The Balaban J connectivity index is 1.90. The molecule has 0 spiro atoms. The molecule has 0 N–H and O–H groups in total. The third-order valence-corrected chi connectivity index (χ3v) is 4.02. The number of hydrogen-bond acceptors (Lipinski definition) is 4. The van der Waals surface area contributed by atoms with Gasteiger partial charge in [0.1, 0.15) is 12.2 Å². The van der Waals surface area contributed by atoms with E-state index in [1.165, 1.54) is 24.5 Å². The van der Waals surface area contributed by atoms with Gasteiger partial charge in [-0.3, -0.25) is 9.59 Å². The molecule has 22 heavy (non-hydrogen) atoms. The van der Waals surface area contributed by atoms with Gasteiger partial charge in [-0.1, -0.05) is 12.1 Å². The highest BCUT2D eigenvalue weighted by atomic mass is 16.5. The van der Waals surface area contributed by atoms with Gasteiger partial charge in [0.25, 0.3) is 5.91 Å². The molecule has 0 atom stereocenters. The van der Waals surface area contributed by atoms with E-state index in [1.54, 1.807) is 11.0 Å². The van der Waals surface area contributed by atoms with Crippen molar-refractivity contribution in [1.82, 2.24) is 0 Å². The van der Waals surface area contributed by atoms with Crippen molar-refractivity contribution in [3.63, 3.8) is 0 Å². The Morgan fingerprint density at radius 3 is 2.91 bits per heavy atom. The molecule has 5 heteroatoms. The summed E-state index contributed by atoms with van der Waals surface area (Å²) in [4.78, 5) is 25.9. The standard InChI is InChI=1S/C17H17NO4/c1-11-4-3-5-14-12(11)6-8-18(14)17(20)13-7-9-22-15(13)10-16(19)21-2/h3-5,7,9H,6,8,10H2,1-2H3. The van der Waals surface area contributed by atoms with Crippen LogP contribution in [-0.4, -0.2) is 25.5 Å². The smallest absolute Gasteiger partial charge is 0.313 e. The van der Waals surface area contributed by atoms with Crippen LogP contribution in [0.4, 0.5) is 5.69 Å². The molecule has 0 unspecified atom stereocenters. The number of furan rings is 1. The molecule has 0 radical (unpaired) electrons. The van der Waals surface area contributed by atoms with Crippen molar-refractivity contribution >= 4 is 17.6 Å². The Morgan fingerprint density at radius 2 is 2.14 bits per heavy atom. The Morgan fingerprint density at radius 1 is 1.32 bits per heavy atom. The van der Waals surface area contributed by atoms with Gasteiger partial charge in [-0.2, -0.15) is 0 Å². The fourth-order valence-electron chi connectivity index (χ4n) is 2.84. The summed E-state index contributed by atoms with van der Waals surface area (Å²) in [6.45, 7) is 2.69. The maximum Gasteiger partial charge on any atom is 0.313 e. The molecule has 1 aliphatic rings. The number of fused-ring (bicyclic) bond motifs is 1. The number of rotatable bonds is 3. The van der Waals surface area contributed by atoms with E-state index in [0.717, 1.165) is 12.1 Å². The minimum absolute atomic E-state index is 0.0426. The molecular formula is C17H17NO4. The van der Waals surface area contributed by atoms with Crippen LogP contribution in [0.5, 0.6) is 0 Å². The van der Waals surface area contributed by atoms with Gasteiger partial charge >= 0.3 is 5.97 Å². The zero-order valence-electron chi connectivity index (χ0n) is 12.6. The number of carbonyl (C=O) groups excluding carboxylic acids is 2. The van der Waals surface area contributed by atoms with Crippen molar-refractivity contribution in [2.24, 2.45) is 0 Å². The van der Waals surface area contributed by atoms with Gasteiger partial charge in [-0.15, -0.1) is 0 Å². The molecule has 0 fully saturated rings. The van der Waals surface area contributed by atoms with Crippen LogP contribution < -0.4 is 4.90 Å². The number of benzene rings is 1. The lowest BCUT2D eigenvalue weighted by atomic mass is 10.1. The second-order valence-electron chi connectivity index (χ2n) is 5.29. The zero-order valence-corrected chi connectivity index (χ0v) is 12.6. The van der Waals surface area contributed by atoms with E-state index in [9.17, 15) is 9.59 Å². The Bertz CT molecular complexity index is 732. The van der Waals surface area contributed by atoms with Crippen molar-refractivity contribution in [2.45, 2.75) is 19.8 Å². The van der Waals surface area contributed by atoms with Gasteiger partial charge in [0.15, 0.2) is 0 Å². The molecule has 1 aromatic heterocycles. The lowest BCUT2D eigenvalue weighted by Gasteiger charge is -2.17. The van der Waals surface area contributed by atoms with Crippen LogP contribution in [0.2, 0.25) is 0 Å². The molecule has 5 nitrogen and oxygen atoms in total. The molecule has 1 amide bonds. The molecule has 1 aliphatic heterocycles. The van der Waals surface area contributed by atoms with Crippen molar-refractivity contribution in [1.29, 1.82) is 0 Å². The van der Waals surface area contributed by atoms with Crippen LogP contribution in [0.3, 0.4) is 0 Å². The predicted octanol–water partition coefficient (Wildman–Crippen LogP) is 2.51. The summed E-state index contributed by atoms with van der Waals surface area (Å²) >= 11 is 0. The summed E-state index contributed by atoms with van der Waals surface area (Å²) in [6.07, 6.45) is 2.23. The first-order valence-electron chi connectivity index (χ1n) is 7.15. The van der Waals surface area contributed by atoms with Crippen molar-refractivity contribution in [2.75, 3.05) is 18.6 Å². The van der Waals surface area contributed by atoms with E-state index in [-0.39, 0.29) is 12.3 Å². The minimum Gasteiger partial charge on any atom is -0.469 e. The van der Waals surface area contributed by atoms with E-state index in [0.29, 0.717) is 17.9 Å². The van der Waals surface area contributed by atoms with Crippen molar-refractivity contribution in [3.05, 3.63) is 53.0 Å². The number of nitrogens with zero attached hydrogens (tertiary/aromatic N) is 1. The summed E-state index contributed by atoms with van der Waals surface area (Å²) in [6, 6.07) is 7.56. The molecule has 0 saturated heterocycles. The number of hydrogen-bond donors (Lipinski definition) is 0. The van der Waals surface area contributed by atoms with E-state index >= 15 is 0 Å². The maximum absolute atomic E-state index is 12.8. The molecule has 0 bridgehead atoms. The summed E-state index contributed by atoms with van der Waals surface area (Å²) in [5.41, 5.74) is 3.75. The van der Waals surface area contributed by atoms with Gasteiger partial charge in [0, 0.05) is 12.2 Å². The number of esters is 1. The fraction of sp³-hybridized carbons (Fsp3) is 0.294. The lowest BCUT2D eigenvalue weighted by Crippen LogP contribution is -2.29. The largest absolute Gasteiger partial charge is 0.469 e. The number of anilines is 1. The molecule has 0 aliphatic carbocycles. The number of methoxy groups -OCH3 is 1. The van der Waals surface area contributed by atoms with Crippen LogP contribution in [0, 0.1) is 6.92 Å². The van der Waals surface area contributed by atoms with Gasteiger partial charge in [0.05, 0.1) is 18.9 Å². The molecule has 114 valence electrons. The molecule has 2 heterocycles. The highest BCUT2D eigenvalue weighted by Crippen LogP contribution is 2.32. The second-order valence-corrected chi connectivity index (χ2v) is 5.29.